The molecule has 0 unspecified atom stereocenters. The molecule has 0 spiro atoms. The van der Waals surface area contributed by atoms with Crippen LogP contribution < -0.4 is 11.1 Å². The number of benzene rings is 2. The van der Waals surface area contributed by atoms with Gasteiger partial charge in [-0.1, -0.05) is 80.9 Å². The molecule has 0 bridgehead atoms. The zero-order valence-electron chi connectivity index (χ0n) is 14.0. The van der Waals surface area contributed by atoms with Gasteiger partial charge in [-0.15, -0.1) is 0 Å². The third-order valence-electron chi connectivity index (χ3n) is 3.65. The molecule has 2 nitrogen and oxygen atoms in total. The maximum absolute atomic E-state index is 5.35. The minimum atomic E-state index is 0.640. The van der Waals surface area contributed by atoms with Crippen molar-refractivity contribution >= 4 is 0 Å². The molecule has 120 valence electrons. The first-order valence-electron chi connectivity index (χ1n) is 8.31. The van der Waals surface area contributed by atoms with Gasteiger partial charge in [0, 0.05) is 19.1 Å². The van der Waals surface area contributed by atoms with Crippen LogP contribution in [0, 0.1) is 0 Å². The van der Waals surface area contributed by atoms with Gasteiger partial charge in [-0.3, -0.25) is 0 Å². The fourth-order valence-electron chi connectivity index (χ4n) is 2.27. The van der Waals surface area contributed by atoms with Crippen LogP contribution in [-0.2, 0) is 13.1 Å². The summed E-state index contributed by atoms with van der Waals surface area (Å²) in [4.78, 5) is 0. The smallest absolute Gasteiger partial charge is 0.0208 e. The molecule has 0 aliphatic carbocycles. The highest BCUT2D eigenvalue weighted by atomic mass is 14.9. The Bertz CT molecular complexity index is 468. The number of nitrogens with two attached hydrogens (primary N) is 1. The van der Waals surface area contributed by atoms with E-state index in [2.05, 4.69) is 49.5 Å². The van der Waals surface area contributed by atoms with Gasteiger partial charge in [-0.25, -0.2) is 0 Å². The van der Waals surface area contributed by atoms with Crippen molar-refractivity contribution in [1.82, 2.24) is 5.32 Å². The molecule has 0 aliphatic rings. The van der Waals surface area contributed by atoms with Crippen LogP contribution in [0.3, 0.4) is 0 Å². The van der Waals surface area contributed by atoms with Crippen molar-refractivity contribution < 1.29 is 0 Å². The lowest BCUT2D eigenvalue weighted by Gasteiger charge is -2.15. The zero-order valence-corrected chi connectivity index (χ0v) is 14.0. The molecule has 22 heavy (non-hydrogen) atoms. The van der Waals surface area contributed by atoms with Crippen molar-refractivity contribution in [3.8, 4) is 0 Å². The van der Waals surface area contributed by atoms with Gasteiger partial charge < -0.3 is 11.1 Å². The summed E-state index contributed by atoms with van der Waals surface area (Å²) in [7, 11) is 0. The van der Waals surface area contributed by atoms with Gasteiger partial charge in [0.05, 0.1) is 0 Å². The lowest BCUT2D eigenvalue weighted by Crippen LogP contribution is -2.27. The highest BCUT2D eigenvalue weighted by molar-refractivity contribution is 5.14. The van der Waals surface area contributed by atoms with Crippen LogP contribution >= 0.6 is 0 Å². The van der Waals surface area contributed by atoms with Crippen LogP contribution in [0.1, 0.15) is 44.2 Å². The quantitative estimate of drug-likeness (QED) is 0.790. The van der Waals surface area contributed by atoms with Crippen LogP contribution in [0.4, 0.5) is 0 Å². The molecular weight excluding hydrogens is 268 g/mol. The molecule has 0 aliphatic heterocycles. The molecule has 0 radical (unpaired) electrons. The average molecular weight is 298 g/mol. The predicted molar refractivity (Wildman–Crippen MR) is 96.6 cm³/mol. The summed E-state index contributed by atoms with van der Waals surface area (Å²) in [5.41, 5.74) is 7.91. The molecule has 2 rings (SSSR count). The van der Waals surface area contributed by atoms with E-state index >= 15 is 0 Å². The van der Waals surface area contributed by atoms with Crippen LogP contribution in [0.5, 0.6) is 0 Å². The Morgan fingerprint density at radius 2 is 1.41 bits per heavy atom. The molecule has 3 N–H and O–H groups in total. The van der Waals surface area contributed by atoms with Crippen molar-refractivity contribution in [2.45, 2.75) is 52.2 Å². The van der Waals surface area contributed by atoms with E-state index in [-0.39, 0.29) is 0 Å². The van der Waals surface area contributed by atoms with E-state index in [1.54, 1.807) is 0 Å². The minimum absolute atomic E-state index is 0.640. The molecule has 1 atom stereocenters. The Hall–Kier alpha value is -1.64. The summed E-state index contributed by atoms with van der Waals surface area (Å²) in [5, 5.41) is 3.59. The molecule has 0 fully saturated rings. The summed E-state index contributed by atoms with van der Waals surface area (Å²) in [5.74, 6) is 0. The SMILES string of the molecule is CCC[C@@H](CC)NCc1ccccc1.NCc1ccccc1. The van der Waals surface area contributed by atoms with Gasteiger partial charge in [-0.2, -0.15) is 0 Å². The summed E-state index contributed by atoms with van der Waals surface area (Å²) in [6, 6.07) is 21.3. The maximum Gasteiger partial charge on any atom is 0.0208 e. The molecule has 0 aromatic heterocycles. The number of hydrogen-bond donors (Lipinski definition) is 2. The molecular formula is C20H30N2. The standard InChI is InChI=1S/C13H21N.C7H9N/c1-3-8-13(4-2)14-11-12-9-6-5-7-10-12;8-6-7-4-2-1-3-5-7/h5-7,9-10,13-14H,3-4,8,11H2,1-2H3;1-5H,6,8H2/t13-;/m1./s1. The van der Waals surface area contributed by atoms with Gasteiger partial charge in [0.25, 0.3) is 0 Å². The molecule has 0 saturated heterocycles. The van der Waals surface area contributed by atoms with Crippen molar-refractivity contribution in [3.63, 3.8) is 0 Å². The van der Waals surface area contributed by atoms with Crippen LogP contribution in [-0.4, -0.2) is 6.04 Å². The zero-order chi connectivity index (χ0) is 16.0. The monoisotopic (exact) mass is 298 g/mol. The van der Waals surface area contributed by atoms with Gasteiger partial charge in [0.15, 0.2) is 0 Å². The van der Waals surface area contributed by atoms with Gasteiger partial charge >= 0.3 is 0 Å². The Kier molecular flexibility index (Phi) is 10.0. The molecule has 2 aromatic carbocycles. The third-order valence-corrected chi connectivity index (χ3v) is 3.65. The Labute approximate surface area is 135 Å². The Morgan fingerprint density at radius 3 is 1.82 bits per heavy atom. The minimum Gasteiger partial charge on any atom is -0.326 e. The van der Waals surface area contributed by atoms with Crippen LogP contribution in [0.15, 0.2) is 60.7 Å². The summed E-state index contributed by atoms with van der Waals surface area (Å²) in [6.45, 7) is 6.13. The molecule has 2 aromatic rings. The van der Waals surface area contributed by atoms with Crippen molar-refractivity contribution in [1.29, 1.82) is 0 Å². The second-order valence-electron chi connectivity index (χ2n) is 5.45. The number of nitrogens with one attached hydrogen (secondary N) is 1. The van der Waals surface area contributed by atoms with E-state index in [9.17, 15) is 0 Å². The lowest BCUT2D eigenvalue weighted by atomic mass is 10.1. The van der Waals surface area contributed by atoms with Gasteiger partial charge in [-0.05, 0) is 24.0 Å². The molecule has 0 saturated carbocycles. The highest BCUT2D eigenvalue weighted by Gasteiger charge is 2.02. The first-order chi connectivity index (χ1) is 10.8. The van der Waals surface area contributed by atoms with Gasteiger partial charge in [0.2, 0.25) is 0 Å². The fourth-order valence-corrected chi connectivity index (χ4v) is 2.27. The third kappa shape index (κ3) is 7.96. The van der Waals surface area contributed by atoms with E-state index in [4.69, 9.17) is 5.73 Å². The second-order valence-corrected chi connectivity index (χ2v) is 5.45. The average Bonchev–Trinajstić information content (AvgIpc) is 2.61. The number of hydrogen-bond acceptors (Lipinski definition) is 2. The summed E-state index contributed by atoms with van der Waals surface area (Å²) < 4.78 is 0. The molecule has 0 heterocycles. The highest BCUT2D eigenvalue weighted by Crippen LogP contribution is 2.04. The fraction of sp³-hybridized carbons (Fsp3) is 0.400. The van der Waals surface area contributed by atoms with Crippen molar-refractivity contribution in [2.75, 3.05) is 0 Å². The van der Waals surface area contributed by atoms with Crippen LogP contribution in [0.2, 0.25) is 0 Å². The predicted octanol–water partition coefficient (Wildman–Crippen LogP) is 4.50. The molecule has 2 heteroatoms. The Morgan fingerprint density at radius 1 is 0.864 bits per heavy atom. The van der Waals surface area contributed by atoms with E-state index in [0.717, 1.165) is 6.54 Å². The lowest BCUT2D eigenvalue weighted by molar-refractivity contribution is 0.462. The van der Waals surface area contributed by atoms with Gasteiger partial charge in [0.1, 0.15) is 0 Å². The summed E-state index contributed by atoms with van der Waals surface area (Å²) >= 11 is 0. The second kappa shape index (κ2) is 12.0. The van der Waals surface area contributed by atoms with E-state index in [1.807, 2.05) is 30.3 Å². The normalized spacial score (nSPS) is 11.4. The first kappa shape index (κ1) is 18.4. The van der Waals surface area contributed by atoms with Crippen molar-refractivity contribution in [2.24, 2.45) is 5.73 Å². The van der Waals surface area contributed by atoms with Crippen molar-refractivity contribution in [3.05, 3.63) is 71.8 Å². The molecule has 0 amide bonds. The van der Waals surface area contributed by atoms with E-state index in [0.29, 0.717) is 12.6 Å². The topological polar surface area (TPSA) is 38.0 Å². The first-order valence-corrected chi connectivity index (χ1v) is 8.31. The largest absolute Gasteiger partial charge is 0.326 e. The number of rotatable bonds is 7. The Balaban J connectivity index is 0.000000255. The maximum atomic E-state index is 5.35. The van der Waals surface area contributed by atoms with Crippen LogP contribution in [0.25, 0.3) is 0 Å². The van der Waals surface area contributed by atoms with E-state index in [1.165, 1.54) is 30.4 Å². The summed E-state index contributed by atoms with van der Waals surface area (Å²) in [6.07, 6.45) is 3.77. The van der Waals surface area contributed by atoms with E-state index < -0.39 is 0 Å².